The summed E-state index contributed by atoms with van der Waals surface area (Å²) >= 11 is 3.32. The van der Waals surface area contributed by atoms with Crippen LogP contribution in [0, 0.1) is 17.0 Å². The SMILES string of the molecule is CCCCN(CC)c1nc(C)nc(Nc2ccc(S(C)(=O)=O)cc2Br)c1[N+](=O)[O-]. The first-order chi connectivity index (χ1) is 13.6. The molecule has 29 heavy (non-hydrogen) atoms. The van der Waals surface area contributed by atoms with E-state index in [1.165, 1.54) is 18.2 Å². The van der Waals surface area contributed by atoms with Gasteiger partial charge in [-0.2, -0.15) is 0 Å². The summed E-state index contributed by atoms with van der Waals surface area (Å²) in [6, 6.07) is 4.41. The van der Waals surface area contributed by atoms with Gasteiger partial charge in [0.25, 0.3) is 0 Å². The summed E-state index contributed by atoms with van der Waals surface area (Å²) in [5, 5.41) is 14.8. The molecule has 0 bridgehead atoms. The lowest BCUT2D eigenvalue weighted by Crippen LogP contribution is -2.26. The standard InChI is InChI=1S/C18H24BrN5O4S/c1-5-7-10-23(6-2)18-16(24(25)26)17(20-12(3)21-18)22-15-9-8-13(11-14(15)19)29(4,27)28/h8-9,11H,5-7,10H2,1-4H3,(H,20,21,22). The molecule has 11 heteroatoms. The zero-order valence-electron chi connectivity index (χ0n) is 16.8. The molecular weight excluding hydrogens is 462 g/mol. The summed E-state index contributed by atoms with van der Waals surface area (Å²) < 4.78 is 23.9. The fraction of sp³-hybridized carbons (Fsp3) is 0.444. The number of nitrogens with zero attached hydrogens (tertiary/aromatic N) is 4. The number of hydrogen-bond donors (Lipinski definition) is 1. The third kappa shape index (κ3) is 5.63. The molecule has 0 spiro atoms. The number of nitro groups is 1. The maximum Gasteiger partial charge on any atom is 0.353 e. The van der Waals surface area contributed by atoms with Crippen molar-refractivity contribution in [2.75, 3.05) is 29.6 Å². The molecule has 0 fully saturated rings. The van der Waals surface area contributed by atoms with Crippen molar-refractivity contribution in [3.05, 3.63) is 38.6 Å². The molecule has 2 rings (SSSR count). The smallest absolute Gasteiger partial charge is 0.351 e. The molecule has 1 N–H and O–H groups in total. The number of hydrogen-bond acceptors (Lipinski definition) is 8. The molecule has 9 nitrogen and oxygen atoms in total. The quantitative estimate of drug-likeness (QED) is 0.413. The third-order valence-corrected chi connectivity index (χ3v) is 6.01. The van der Waals surface area contributed by atoms with Crippen LogP contribution in [0.25, 0.3) is 0 Å². The first-order valence-corrected chi connectivity index (χ1v) is 11.8. The van der Waals surface area contributed by atoms with E-state index in [-0.39, 0.29) is 22.2 Å². The molecule has 0 aliphatic heterocycles. The Bertz CT molecular complexity index is 1010. The third-order valence-electron chi connectivity index (χ3n) is 4.24. The van der Waals surface area contributed by atoms with E-state index in [9.17, 15) is 18.5 Å². The molecular formula is C18H24BrN5O4S. The number of halogens is 1. The predicted octanol–water partition coefficient (Wildman–Crippen LogP) is 4.23. The van der Waals surface area contributed by atoms with Crippen molar-refractivity contribution < 1.29 is 13.3 Å². The van der Waals surface area contributed by atoms with Crippen LogP contribution >= 0.6 is 15.9 Å². The van der Waals surface area contributed by atoms with Gasteiger partial charge in [0.1, 0.15) is 5.82 Å². The van der Waals surface area contributed by atoms with Crippen molar-refractivity contribution in [3.63, 3.8) is 0 Å². The Hall–Kier alpha value is -2.27. The number of benzene rings is 1. The molecule has 0 saturated carbocycles. The zero-order chi connectivity index (χ0) is 21.8. The van der Waals surface area contributed by atoms with Crippen LogP contribution in [0.3, 0.4) is 0 Å². The van der Waals surface area contributed by atoms with Crippen LogP contribution in [0.1, 0.15) is 32.5 Å². The summed E-state index contributed by atoms with van der Waals surface area (Å²) in [6.45, 7) is 6.87. The highest BCUT2D eigenvalue weighted by Gasteiger charge is 2.28. The molecule has 0 aliphatic carbocycles. The van der Waals surface area contributed by atoms with Crippen molar-refractivity contribution in [2.24, 2.45) is 0 Å². The van der Waals surface area contributed by atoms with E-state index in [2.05, 4.69) is 38.1 Å². The van der Waals surface area contributed by atoms with E-state index in [4.69, 9.17) is 0 Å². The summed E-state index contributed by atoms with van der Waals surface area (Å²) in [7, 11) is -3.37. The highest BCUT2D eigenvalue weighted by Crippen LogP contribution is 2.36. The monoisotopic (exact) mass is 485 g/mol. The molecule has 0 unspecified atom stereocenters. The molecule has 1 aromatic heterocycles. The van der Waals surface area contributed by atoms with E-state index in [1.807, 2.05) is 11.8 Å². The minimum Gasteiger partial charge on any atom is -0.351 e. The second-order valence-electron chi connectivity index (χ2n) is 6.52. The van der Waals surface area contributed by atoms with Gasteiger partial charge in [-0.3, -0.25) is 10.1 Å². The first-order valence-electron chi connectivity index (χ1n) is 9.13. The molecule has 0 saturated heterocycles. The zero-order valence-corrected chi connectivity index (χ0v) is 19.2. The normalized spacial score (nSPS) is 11.3. The Morgan fingerprint density at radius 2 is 1.97 bits per heavy atom. The van der Waals surface area contributed by atoms with Gasteiger partial charge in [-0.05, 0) is 54.4 Å². The summed E-state index contributed by atoms with van der Waals surface area (Å²) in [5.74, 6) is 0.719. The largest absolute Gasteiger partial charge is 0.353 e. The first kappa shape index (κ1) is 23.0. The summed E-state index contributed by atoms with van der Waals surface area (Å²) in [6.07, 6.45) is 2.96. The Morgan fingerprint density at radius 1 is 1.28 bits per heavy atom. The Balaban J connectivity index is 2.54. The Labute approximate surface area is 178 Å². The molecule has 2 aromatic rings. The molecule has 0 amide bonds. The van der Waals surface area contributed by atoms with Gasteiger partial charge in [0, 0.05) is 23.8 Å². The predicted molar refractivity (Wildman–Crippen MR) is 117 cm³/mol. The molecule has 0 atom stereocenters. The molecule has 1 heterocycles. The molecule has 158 valence electrons. The van der Waals surface area contributed by atoms with Gasteiger partial charge in [0.2, 0.25) is 11.6 Å². The maximum absolute atomic E-state index is 11.9. The van der Waals surface area contributed by atoms with Gasteiger partial charge < -0.3 is 10.2 Å². The minimum atomic E-state index is -3.37. The van der Waals surface area contributed by atoms with Gasteiger partial charge in [-0.15, -0.1) is 0 Å². The number of aryl methyl sites for hydroxylation is 1. The van der Waals surface area contributed by atoms with Crippen molar-refractivity contribution >= 4 is 48.8 Å². The summed E-state index contributed by atoms with van der Waals surface area (Å²) in [4.78, 5) is 21.9. The lowest BCUT2D eigenvalue weighted by atomic mass is 10.2. The molecule has 0 aliphatic rings. The number of rotatable bonds is 9. The van der Waals surface area contributed by atoms with E-state index in [0.717, 1.165) is 19.1 Å². The Morgan fingerprint density at radius 3 is 2.48 bits per heavy atom. The fourth-order valence-electron chi connectivity index (χ4n) is 2.75. The van der Waals surface area contributed by atoms with Crippen LogP contribution in [-0.2, 0) is 9.84 Å². The van der Waals surface area contributed by atoms with Gasteiger partial charge in [0.15, 0.2) is 9.84 Å². The molecule has 0 radical (unpaired) electrons. The van der Waals surface area contributed by atoms with Crippen LogP contribution < -0.4 is 10.2 Å². The van der Waals surface area contributed by atoms with Crippen LogP contribution in [0.5, 0.6) is 0 Å². The number of nitrogens with one attached hydrogen (secondary N) is 1. The highest BCUT2D eigenvalue weighted by molar-refractivity contribution is 9.10. The number of aromatic nitrogens is 2. The number of sulfone groups is 1. The van der Waals surface area contributed by atoms with Crippen molar-refractivity contribution in [3.8, 4) is 0 Å². The Kier molecular flexibility index (Phi) is 7.53. The summed E-state index contributed by atoms with van der Waals surface area (Å²) in [5.41, 5.74) is 0.244. The van der Waals surface area contributed by atoms with Crippen LogP contribution in [0.15, 0.2) is 27.6 Å². The van der Waals surface area contributed by atoms with Crippen molar-refractivity contribution in [2.45, 2.75) is 38.5 Å². The van der Waals surface area contributed by atoms with Crippen LogP contribution in [0.2, 0.25) is 0 Å². The van der Waals surface area contributed by atoms with Crippen LogP contribution in [-0.4, -0.2) is 42.7 Å². The van der Waals surface area contributed by atoms with Gasteiger partial charge >= 0.3 is 5.69 Å². The van der Waals surface area contributed by atoms with Gasteiger partial charge in [-0.25, -0.2) is 18.4 Å². The average molecular weight is 486 g/mol. The van der Waals surface area contributed by atoms with E-state index in [0.29, 0.717) is 29.1 Å². The van der Waals surface area contributed by atoms with Crippen LogP contribution in [0.4, 0.5) is 23.0 Å². The van der Waals surface area contributed by atoms with Crippen molar-refractivity contribution in [1.82, 2.24) is 9.97 Å². The second-order valence-corrected chi connectivity index (χ2v) is 9.39. The second kappa shape index (κ2) is 9.49. The molecule has 1 aromatic carbocycles. The van der Waals surface area contributed by atoms with Gasteiger partial charge in [0.05, 0.1) is 15.5 Å². The highest BCUT2D eigenvalue weighted by atomic mass is 79.9. The van der Waals surface area contributed by atoms with E-state index < -0.39 is 14.8 Å². The average Bonchev–Trinajstić information content (AvgIpc) is 2.62. The van der Waals surface area contributed by atoms with E-state index >= 15 is 0 Å². The topological polar surface area (TPSA) is 118 Å². The number of unbranched alkanes of at least 4 members (excludes halogenated alkanes) is 1. The van der Waals surface area contributed by atoms with Crippen molar-refractivity contribution in [1.29, 1.82) is 0 Å². The minimum absolute atomic E-state index is 0.0558. The van der Waals surface area contributed by atoms with Gasteiger partial charge in [-0.1, -0.05) is 13.3 Å². The number of anilines is 3. The maximum atomic E-state index is 11.9. The fourth-order valence-corrected chi connectivity index (χ4v) is 4.02. The van der Waals surface area contributed by atoms with E-state index in [1.54, 1.807) is 6.92 Å². The lowest BCUT2D eigenvalue weighted by Gasteiger charge is -2.22. The lowest BCUT2D eigenvalue weighted by molar-refractivity contribution is -0.383.